The van der Waals surface area contributed by atoms with Gasteiger partial charge in [0.2, 0.25) is 0 Å². The first kappa shape index (κ1) is 14.1. The van der Waals surface area contributed by atoms with E-state index in [0.717, 1.165) is 25.5 Å². The summed E-state index contributed by atoms with van der Waals surface area (Å²) in [5, 5.41) is 0. The molecule has 0 spiro atoms. The topological polar surface area (TPSA) is 19.6 Å². The summed E-state index contributed by atoms with van der Waals surface area (Å²) in [4.78, 5) is 4.79. The van der Waals surface area contributed by atoms with Crippen LogP contribution in [-0.4, -0.2) is 25.7 Å². The van der Waals surface area contributed by atoms with Gasteiger partial charge in [-0.2, -0.15) is 0 Å². The number of nitrogens with zero attached hydrogens (tertiary/aromatic N) is 2. The molecule has 0 amide bonds. The smallest absolute Gasteiger partial charge is 0.195 e. The van der Waals surface area contributed by atoms with Crippen LogP contribution in [0.1, 0.15) is 32.3 Å². The zero-order valence-electron chi connectivity index (χ0n) is 13.0. The molecule has 0 saturated carbocycles. The maximum absolute atomic E-state index is 5.54. The van der Waals surface area contributed by atoms with E-state index in [0.29, 0.717) is 12.0 Å². The van der Waals surface area contributed by atoms with Gasteiger partial charge in [-0.05, 0) is 42.7 Å². The number of hydrogen-bond donors (Lipinski definition) is 0. The maximum atomic E-state index is 5.54. The highest BCUT2D eigenvalue weighted by atomic mass is 16.3. The summed E-state index contributed by atoms with van der Waals surface area (Å²) in [5.74, 6) is 1.52. The quantitative estimate of drug-likeness (QED) is 0.851. The Hall–Kier alpha value is -1.90. The molecule has 1 aliphatic heterocycles. The van der Waals surface area contributed by atoms with Crippen molar-refractivity contribution in [2.45, 2.75) is 32.7 Å². The third kappa shape index (κ3) is 2.92. The first-order chi connectivity index (χ1) is 10.1. The third-order valence-corrected chi connectivity index (χ3v) is 4.24. The molecular formula is C18H23N2O. The molecule has 2 heterocycles. The molecule has 1 unspecified atom stereocenters. The molecule has 1 atom stereocenters. The van der Waals surface area contributed by atoms with Gasteiger partial charge in [-0.15, -0.1) is 0 Å². The first-order valence-corrected chi connectivity index (χ1v) is 7.71. The molecule has 3 nitrogen and oxygen atoms in total. The molecule has 0 bridgehead atoms. The van der Waals surface area contributed by atoms with E-state index < -0.39 is 0 Å². The maximum Gasteiger partial charge on any atom is 0.195 e. The van der Waals surface area contributed by atoms with E-state index >= 15 is 0 Å². The van der Waals surface area contributed by atoms with E-state index in [-0.39, 0.29) is 0 Å². The van der Waals surface area contributed by atoms with Crippen molar-refractivity contribution in [3.8, 4) is 0 Å². The lowest BCUT2D eigenvalue weighted by Gasteiger charge is -2.41. The zero-order chi connectivity index (χ0) is 14.8. The van der Waals surface area contributed by atoms with Crippen molar-refractivity contribution >= 4 is 11.6 Å². The van der Waals surface area contributed by atoms with Crippen molar-refractivity contribution in [2.24, 2.45) is 0 Å². The van der Waals surface area contributed by atoms with Gasteiger partial charge in [0.05, 0.1) is 6.26 Å². The summed E-state index contributed by atoms with van der Waals surface area (Å²) in [7, 11) is 0. The standard InChI is InChI=1S/C18H23N2O/c1-14(2)16-6-4-7-17(12-16)19-9-10-20(15(3)13-19)18-8-5-11-21-18/h5-8,11-12,14-15H,9-10,13H2,1-3H3. The molecule has 1 radical (unpaired) electrons. The molecule has 1 aliphatic rings. The van der Waals surface area contributed by atoms with Gasteiger partial charge in [0.15, 0.2) is 5.88 Å². The molecular weight excluding hydrogens is 260 g/mol. The van der Waals surface area contributed by atoms with Crippen molar-refractivity contribution in [1.29, 1.82) is 0 Å². The summed E-state index contributed by atoms with van der Waals surface area (Å²) in [6.45, 7) is 9.72. The minimum absolute atomic E-state index is 0.438. The number of benzene rings is 1. The van der Waals surface area contributed by atoms with Crippen LogP contribution in [0.2, 0.25) is 0 Å². The van der Waals surface area contributed by atoms with E-state index in [1.807, 2.05) is 12.1 Å². The second kappa shape index (κ2) is 5.84. The average molecular weight is 283 g/mol. The lowest BCUT2D eigenvalue weighted by Crippen LogP contribution is -2.52. The highest BCUT2D eigenvalue weighted by molar-refractivity contribution is 5.51. The van der Waals surface area contributed by atoms with Crippen molar-refractivity contribution in [1.82, 2.24) is 0 Å². The lowest BCUT2D eigenvalue weighted by atomic mass is 10.0. The number of hydrogen-bond acceptors (Lipinski definition) is 3. The summed E-state index contributed by atoms with van der Waals surface area (Å²) in [6, 6.07) is 14.2. The second-order valence-corrected chi connectivity index (χ2v) is 6.12. The van der Waals surface area contributed by atoms with Crippen molar-refractivity contribution in [3.63, 3.8) is 0 Å². The van der Waals surface area contributed by atoms with Gasteiger partial charge in [0.25, 0.3) is 0 Å². The van der Waals surface area contributed by atoms with E-state index in [2.05, 4.69) is 54.8 Å². The predicted molar refractivity (Wildman–Crippen MR) is 87.1 cm³/mol. The molecule has 3 heteroatoms. The Morgan fingerprint density at radius 2 is 2.14 bits per heavy atom. The Labute approximate surface area is 127 Å². The summed E-state index contributed by atoms with van der Waals surface area (Å²) >= 11 is 0. The van der Waals surface area contributed by atoms with Crippen LogP contribution in [-0.2, 0) is 0 Å². The van der Waals surface area contributed by atoms with Gasteiger partial charge in [-0.1, -0.05) is 19.9 Å². The van der Waals surface area contributed by atoms with Crippen LogP contribution < -0.4 is 9.80 Å². The Morgan fingerprint density at radius 1 is 1.29 bits per heavy atom. The Bertz CT molecular complexity index is 577. The molecule has 3 rings (SSSR count). The van der Waals surface area contributed by atoms with Gasteiger partial charge in [-0.25, -0.2) is 0 Å². The van der Waals surface area contributed by atoms with Crippen molar-refractivity contribution in [2.75, 3.05) is 29.4 Å². The zero-order valence-corrected chi connectivity index (χ0v) is 13.0. The minimum atomic E-state index is 0.438. The summed E-state index contributed by atoms with van der Waals surface area (Å²) < 4.78 is 5.54. The Kier molecular flexibility index (Phi) is 3.91. The molecule has 0 N–H and O–H groups in total. The van der Waals surface area contributed by atoms with Gasteiger partial charge < -0.3 is 14.2 Å². The molecule has 1 aromatic heterocycles. The molecule has 21 heavy (non-hydrogen) atoms. The molecule has 1 aromatic carbocycles. The highest BCUT2D eigenvalue weighted by Crippen LogP contribution is 2.26. The van der Waals surface area contributed by atoms with Crippen LogP contribution in [0, 0.1) is 6.07 Å². The average Bonchev–Trinajstić information content (AvgIpc) is 3.01. The molecule has 1 saturated heterocycles. The van der Waals surface area contributed by atoms with E-state index in [1.165, 1.54) is 11.3 Å². The van der Waals surface area contributed by atoms with Crippen molar-refractivity contribution < 1.29 is 4.42 Å². The number of furan rings is 1. The SMILES string of the molecule is CC(C)c1c[c]cc(N2CCN(c3ccco3)C(C)C2)c1. The fraction of sp³-hybridized carbons (Fsp3) is 0.444. The van der Waals surface area contributed by atoms with Crippen LogP contribution in [0.3, 0.4) is 0 Å². The summed E-state index contributed by atoms with van der Waals surface area (Å²) in [5.41, 5.74) is 2.64. The number of piperazine rings is 1. The molecule has 1 fully saturated rings. The number of anilines is 2. The second-order valence-electron chi connectivity index (χ2n) is 6.12. The highest BCUT2D eigenvalue weighted by Gasteiger charge is 2.25. The van der Waals surface area contributed by atoms with E-state index in [1.54, 1.807) is 6.26 Å². The van der Waals surface area contributed by atoms with Crippen LogP contribution in [0.25, 0.3) is 0 Å². The first-order valence-electron chi connectivity index (χ1n) is 7.71. The lowest BCUT2D eigenvalue weighted by molar-refractivity contribution is 0.480. The Balaban J connectivity index is 1.73. The van der Waals surface area contributed by atoms with Gasteiger partial charge in [0.1, 0.15) is 0 Å². The van der Waals surface area contributed by atoms with Crippen molar-refractivity contribution in [3.05, 3.63) is 48.2 Å². The normalized spacial score (nSPS) is 19.3. The van der Waals surface area contributed by atoms with Gasteiger partial charge >= 0.3 is 0 Å². The third-order valence-electron chi connectivity index (χ3n) is 4.24. The molecule has 111 valence electrons. The van der Waals surface area contributed by atoms with Crippen LogP contribution in [0.15, 0.2) is 41.0 Å². The number of rotatable bonds is 3. The molecule has 0 aliphatic carbocycles. The van der Waals surface area contributed by atoms with Gasteiger partial charge in [0, 0.05) is 37.4 Å². The van der Waals surface area contributed by atoms with Gasteiger partial charge in [-0.3, -0.25) is 0 Å². The fourth-order valence-corrected chi connectivity index (χ4v) is 2.95. The predicted octanol–water partition coefficient (Wildman–Crippen LogP) is 3.92. The Morgan fingerprint density at radius 3 is 2.81 bits per heavy atom. The largest absolute Gasteiger partial charge is 0.449 e. The minimum Gasteiger partial charge on any atom is -0.449 e. The monoisotopic (exact) mass is 283 g/mol. The van der Waals surface area contributed by atoms with Crippen LogP contribution >= 0.6 is 0 Å². The fourth-order valence-electron chi connectivity index (χ4n) is 2.95. The van der Waals surface area contributed by atoms with E-state index in [4.69, 9.17) is 4.42 Å². The van der Waals surface area contributed by atoms with Crippen LogP contribution in [0.4, 0.5) is 11.6 Å². The summed E-state index contributed by atoms with van der Waals surface area (Å²) in [6.07, 6.45) is 1.75. The molecule has 2 aromatic rings. The van der Waals surface area contributed by atoms with Crippen LogP contribution in [0.5, 0.6) is 0 Å². The van der Waals surface area contributed by atoms with E-state index in [9.17, 15) is 0 Å².